The van der Waals surface area contributed by atoms with Crippen molar-refractivity contribution in [2.75, 3.05) is 18.0 Å². The number of aromatic nitrogens is 6. The van der Waals surface area contributed by atoms with Gasteiger partial charge in [0.15, 0.2) is 17.5 Å². The second-order valence-electron chi connectivity index (χ2n) is 9.20. The number of rotatable bonds is 4. The van der Waals surface area contributed by atoms with Crippen LogP contribution in [0.25, 0.3) is 39.2 Å². The molecule has 182 valence electrons. The first-order valence-electron chi connectivity index (χ1n) is 11.8. The molecule has 1 aromatic carbocycles. The molecule has 0 amide bonds. The first-order chi connectivity index (χ1) is 17.5. The summed E-state index contributed by atoms with van der Waals surface area (Å²) >= 11 is 0. The van der Waals surface area contributed by atoms with Crippen molar-refractivity contribution in [3.05, 3.63) is 73.0 Å². The Hall–Kier alpha value is -4.18. The van der Waals surface area contributed by atoms with Crippen LogP contribution in [0.15, 0.2) is 61.3 Å². The highest BCUT2D eigenvalue weighted by molar-refractivity contribution is 5.94. The molecule has 1 saturated heterocycles. The van der Waals surface area contributed by atoms with E-state index in [1.54, 1.807) is 12.4 Å². The largest absolute Gasteiger partial charge is 0.354 e. The number of anilines is 1. The standard InChI is InChI=1S/C26H24F2N8/c1-15-12-35(13-16(2)33-15)23-7-6-17(9-29-23)18-8-19-20(11-31-25(19)30-10-18)26-34-32-14-36(26)22-5-3-4-21(27)24(22)28/h3-11,14-16,33H,12-13H2,1-2H3,(H,30,31). The molecule has 0 radical (unpaired) electrons. The van der Waals surface area contributed by atoms with Crippen molar-refractivity contribution >= 4 is 16.9 Å². The predicted molar refractivity (Wildman–Crippen MR) is 134 cm³/mol. The molecule has 2 unspecified atom stereocenters. The van der Waals surface area contributed by atoms with Gasteiger partial charge in [-0.3, -0.25) is 4.57 Å². The number of H-pyrrole nitrogens is 1. The minimum atomic E-state index is -0.961. The maximum atomic E-state index is 14.5. The summed E-state index contributed by atoms with van der Waals surface area (Å²) in [6, 6.07) is 10.9. The number of nitrogens with one attached hydrogen (secondary N) is 2. The molecule has 2 atom stereocenters. The Bertz CT molecular complexity index is 1530. The number of fused-ring (bicyclic) bond motifs is 1. The smallest absolute Gasteiger partial charge is 0.182 e. The Morgan fingerprint density at radius 3 is 2.56 bits per heavy atom. The van der Waals surface area contributed by atoms with Gasteiger partial charge in [-0.2, -0.15) is 0 Å². The van der Waals surface area contributed by atoms with Crippen LogP contribution in [-0.4, -0.2) is 54.9 Å². The molecular weight excluding hydrogens is 462 g/mol. The maximum absolute atomic E-state index is 14.5. The molecule has 5 heterocycles. The quantitative estimate of drug-likeness (QED) is 0.393. The van der Waals surface area contributed by atoms with Gasteiger partial charge in [0.05, 0.1) is 5.69 Å². The Kier molecular flexibility index (Phi) is 5.45. The van der Waals surface area contributed by atoms with Gasteiger partial charge in [0.1, 0.15) is 17.8 Å². The molecule has 1 aliphatic heterocycles. The topological polar surface area (TPSA) is 87.6 Å². The van der Waals surface area contributed by atoms with E-state index in [2.05, 4.69) is 44.2 Å². The molecule has 6 rings (SSSR count). The fourth-order valence-corrected chi connectivity index (χ4v) is 4.88. The van der Waals surface area contributed by atoms with Crippen LogP contribution >= 0.6 is 0 Å². The number of hydrogen-bond donors (Lipinski definition) is 2. The number of hydrogen-bond acceptors (Lipinski definition) is 6. The van der Waals surface area contributed by atoms with Crippen molar-refractivity contribution in [1.82, 2.24) is 35.0 Å². The summed E-state index contributed by atoms with van der Waals surface area (Å²) in [7, 11) is 0. The summed E-state index contributed by atoms with van der Waals surface area (Å²) in [6.07, 6.45) is 6.74. The van der Waals surface area contributed by atoms with E-state index in [9.17, 15) is 8.78 Å². The minimum absolute atomic E-state index is 0.0322. The molecule has 0 aliphatic carbocycles. The van der Waals surface area contributed by atoms with E-state index in [0.717, 1.165) is 41.5 Å². The number of piperazine rings is 1. The second-order valence-corrected chi connectivity index (χ2v) is 9.20. The third kappa shape index (κ3) is 3.89. The molecule has 0 bridgehead atoms. The van der Waals surface area contributed by atoms with Crippen LogP contribution in [0.4, 0.5) is 14.6 Å². The molecular formula is C26H24F2N8. The molecule has 1 fully saturated rings. The summed E-state index contributed by atoms with van der Waals surface area (Å²) in [5.74, 6) is -0.576. The van der Waals surface area contributed by atoms with Crippen molar-refractivity contribution in [2.24, 2.45) is 0 Å². The lowest BCUT2D eigenvalue weighted by atomic mass is 10.1. The Morgan fingerprint density at radius 1 is 0.972 bits per heavy atom. The van der Waals surface area contributed by atoms with Crippen LogP contribution in [0.3, 0.4) is 0 Å². The normalized spacial score (nSPS) is 18.2. The predicted octanol–water partition coefficient (Wildman–Crippen LogP) is 4.34. The van der Waals surface area contributed by atoms with Gasteiger partial charge in [-0.15, -0.1) is 10.2 Å². The lowest BCUT2D eigenvalue weighted by Crippen LogP contribution is -2.54. The number of nitrogens with zero attached hydrogens (tertiary/aromatic N) is 6. The average Bonchev–Trinajstić information content (AvgIpc) is 3.52. The molecule has 0 spiro atoms. The summed E-state index contributed by atoms with van der Waals surface area (Å²) in [5.41, 5.74) is 3.16. The van der Waals surface area contributed by atoms with Gasteiger partial charge in [-0.25, -0.2) is 18.7 Å². The molecule has 0 saturated carbocycles. The molecule has 5 aromatic rings. The number of aromatic amines is 1. The van der Waals surface area contributed by atoms with Gasteiger partial charge in [0.2, 0.25) is 0 Å². The first kappa shape index (κ1) is 22.3. The third-order valence-corrected chi connectivity index (χ3v) is 6.47. The van der Waals surface area contributed by atoms with E-state index >= 15 is 0 Å². The lowest BCUT2D eigenvalue weighted by Gasteiger charge is -2.36. The average molecular weight is 487 g/mol. The molecule has 10 heteroatoms. The summed E-state index contributed by atoms with van der Waals surface area (Å²) < 4.78 is 29.8. The van der Waals surface area contributed by atoms with Crippen molar-refractivity contribution in [1.29, 1.82) is 0 Å². The molecule has 8 nitrogen and oxygen atoms in total. The zero-order valence-corrected chi connectivity index (χ0v) is 19.8. The Morgan fingerprint density at radius 2 is 1.78 bits per heavy atom. The van der Waals surface area contributed by atoms with Gasteiger partial charge in [-0.1, -0.05) is 6.07 Å². The fraction of sp³-hybridized carbons (Fsp3) is 0.231. The fourth-order valence-electron chi connectivity index (χ4n) is 4.88. The number of pyridine rings is 2. The Balaban J connectivity index is 1.36. The van der Waals surface area contributed by atoms with Gasteiger partial charge in [0, 0.05) is 65.8 Å². The third-order valence-electron chi connectivity index (χ3n) is 6.47. The van der Waals surface area contributed by atoms with Gasteiger partial charge in [0.25, 0.3) is 0 Å². The zero-order chi connectivity index (χ0) is 24.8. The summed E-state index contributed by atoms with van der Waals surface area (Å²) in [5, 5.41) is 12.5. The van der Waals surface area contributed by atoms with E-state index in [-0.39, 0.29) is 5.69 Å². The highest BCUT2D eigenvalue weighted by Gasteiger charge is 2.22. The SMILES string of the molecule is CC1CN(c2ccc(-c3cnc4[nH]cc(-c5nncn5-c5cccc(F)c5F)c4c3)cn2)CC(C)N1. The zero-order valence-electron chi connectivity index (χ0n) is 19.8. The van der Waals surface area contributed by atoms with E-state index < -0.39 is 11.6 Å². The van der Waals surface area contributed by atoms with Gasteiger partial charge < -0.3 is 15.2 Å². The van der Waals surface area contributed by atoms with Crippen molar-refractivity contribution in [3.8, 4) is 28.2 Å². The van der Waals surface area contributed by atoms with Crippen LogP contribution in [-0.2, 0) is 0 Å². The molecule has 2 N–H and O–H groups in total. The minimum Gasteiger partial charge on any atom is -0.354 e. The monoisotopic (exact) mass is 486 g/mol. The van der Waals surface area contributed by atoms with Crippen LogP contribution in [0, 0.1) is 11.6 Å². The maximum Gasteiger partial charge on any atom is 0.182 e. The Labute approximate surface area is 206 Å². The number of halogens is 2. The lowest BCUT2D eigenvalue weighted by molar-refractivity contribution is 0.405. The highest BCUT2D eigenvalue weighted by atomic mass is 19.2. The summed E-state index contributed by atoms with van der Waals surface area (Å²) in [6.45, 7) is 6.17. The van der Waals surface area contributed by atoms with E-state index in [1.807, 2.05) is 24.4 Å². The van der Waals surface area contributed by atoms with Gasteiger partial charge >= 0.3 is 0 Å². The highest BCUT2D eigenvalue weighted by Crippen LogP contribution is 2.32. The van der Waals surface area contributed by atoms with Gasteiger partial charge in [-0.05, 0) is 44.2 Å². The molecule has 4 aromatic heterocycles. The molecule has 1 aliphatic rings. The van der Waals surface area contributed by atoms with E-state index in [4.69, 9.17) is 4.98 Å². The van der Waals surface area contributed by atoms with Crippen molar-refractivity contribution < 1.29 is 8.78 Å². The summed E-state index contributed by atoms with van der Waals surface area (Å²) in [4.78, 5) is 14.7. The molecule has 36 heavy (non-hydrogen) atoms. The van der Waals surface area contributed by atoms with Crippen LogP contribution in [0.2, 0.25) is 0 Å². The van der Waals surface area contributed by atoms with Crippen LogP contribution in [0.1, 0.15) is 13.8 Å². The van der Waals surface area contributed by atoms with Crippen molar-refractivity contribution in [2.45, 2.75) is 25.9 Å². The number of benzene rings is 1. The van der Waals surface area contributed by atoms with E-state index in [0.29, 0.717) is 29.1 Å². The van der Waals surface area contributed by atoms with Crippen LogP contribution < -0.4 is 10.2 Å². The van der Waals surface area contributed by atoms with Crippen LogP contribution in [0.5, 0.6) is 0 Å². The first-order valence-corrected chi connectivity index (χ1v) is 11.8. The van der Waals surface area contributed by atoms with Crippen molar-refractivity contribution in [3.63, 3.8) is 0 Å². The second kappa shape index (κ2) is 8.80. The van der Waals surface area contributed by atoms with E-state index in [1.165, 1.54) is 23.0 Å².